The largest absolute Gasteiger partial charge is 0.462 e. The molecule has 3 N–H and O–H groups in total. The predicted octanol–water partition coefficient (Wildman–Crippen LogP) is 4.03. The minimum absolute atomic E-state index is 0.0353. The summed E-state index contributed by atoms with van der Waals surface area (Å²) in [6, 6.07) is 8.02. The van der Waals surface area contributed by atoms with Crippen molar-refractivity contribution in [3.8, 4) is 11.3 Å². The Morgan fingerprint density at radius 3 is 2.55 bits per heavy atom. The molecule has 0 aliphatic carbocycles. The maximum atomic E-state index is 12.4. The number of amides is 2. The van der Waals surface area contributed by atoms with Crippen molar-refractivity contribution < 1.29 is 23.5 Å². The quantitative estimate of drug-likeness (QED) is 0.385. The Kier molecular flexibility index (Phi) is 7.13. The number of benzene rings is 1. The van der Waals surface area contributed by atoms with E-state index in [-0.39, 0.29) is 35.1 Å². The normalized spacial score (nSPS) is 10.7. The van der Waals surface area contributed by atoms with Gasteiger partial charge in [0.15, 0.2) is 4.34 Å². The molecule has 0 aliphatic heterocycles. The molecule has 8 nitrogen and oxygen atoms in total. The van der Waals surface area contributed by atoms with E-state index in [4.69, 9.17) is 14.9 Å². The van der Waals surface area contributed by atoms with E-state index in [1.54, 1.807) is 6.92 Å². The van der Waals surface area contributed by atoms with Gasteiger partial charge in [-0.25, -0.2) is 9.78 Å². The first kappa shape index (κ1) is 22.6. The van der Waals surface area contributed by atoms with Gasteiger partial charge in [-0.05, 0) is 20.8 Å². The number of thioether (sulfide) groups is 1. The minimum atomic E-state index is -0.898. The van der Waals surface area contributed by atoms with Crippen LogP contribution in [0.1, 0.15) is 39.0 Å². The Hall–Kier alpha value is -3.11. The third-order valence-electron chi connectivity index (χ3n) is 4.22. The summed E-state index contributed by atoms with van der Waals surface area (Å²) >= 11 is 2.69. The highest BCUT2D eigenvalue weighted by molar-refractivity contribution is 8.01. The summed E-state index contributed by atoms with van der Waals surface area (Å²) in [5.74, 6) is -2.06. The average molecular weight is 460 g/mol. The van der Waals surface area contributed by atoms with Crippen LogP contribution in [0.2, 0.25) is 0 Å². The molecule has 3 aromatic rings. The average Bonchev–Trinajstić information content (AvgIpc) is 3.31. The Morgan fingerprint density at radius 2 is 1.90 bits per heavy atom. The number of anilines is 1. The highest BCUT2D eigenvalue weighted by Crippen LogP contribution is 2.30. The number of thiazole rings is 1. The lowest BCUT2D eigenvalue weighted by atomic mass is 10.1. The van der Waals surface area contributed by atoms with E-state index in [1.165, 1.54) is 35.6 Å². The van der Waals surface area contributed by atoms with Crippen LogP contribution in [0.3, 0.4) is 0 Å². The fourth-order valence-electron chi connectivity index (χ4n) is 2.79. The molecule has 0 saturated heterocycles. The molecule has 0 bridgehead atoms. The molecule has 0 unspecified atom stereocenters. The Balaban J connectivity index is 1.68. The van der Waals surface area contributed by atoms with Crippen LogP contribution < -0.4 is 11.1 Å². The number of carbonyl (C=O) groups excluding carboxylic acids is 3. The topological polar surface area (TPSA) is 125 Å². The predicted molar refractivity (Wildman–Crippen MR) is 120 cm³/mol. The molecule has 0 atom stereocenters. The molecule has 162 valence electrons. The van der Waals surface area contributed by atoms with Crippen molar-refractivity contribution in [2.45, 2.75) is 25.1 Å². The van der Waals surface area contributed by atoms with Crippen LogP contribution in [0.25, 0.3) is 11.3 Å². The standard InChI is InChI=1S/C21H21N3O5S2/c1-4-28-20(27)16-12(3)29-19(17(16)18(22)26)24-15(25)10-31-21-23-14(9-30-21)13-7-5-11(2)6-8-13/h5-9H,4,10H2,1-3H3,(H2,22,26)(H,24,25). The monoisotopic (exact) mass is 459 g/mol. The van der Waals surface area contributed by atoms with E-state index >= 15 is 0 Å². The molecular formula is C21H21N3O5S2. The Morgan fingerprint density at radius 1 is 1.19 bits per heavy atom. The first-order valence-corrected chi connectivity index (χ1v) is 11.2. The number of rotatable bonds is 8. The van der Waals surface area contributed by atoms with Gasteiger partial charge in [0.05, 0.1) is 18.1 Å². The summed E-state index contributed by atoms with van der Waals surface area (Å²) in [6.45, 7) is 5.27. The summed E-state index contributed by atoms with van der Waals surface area (Å²) in [4.78, 5) is 40.9. The molecule has 2 aromatic heterocycles. The van der Waals surface area contributed by atoms with Crippen LogP contribution in [0.4, 0.5) is 5.88 Å². The second-order valence-electron chi connectivity index (χ2n) is 6.52. The lowest BCUT2D eigenvalue weighted by molar-refractivity contribution is -0.113. The molecule has 2 amide bonds. The molecule has 3 rings (SSSR count). The molecule has 0 fully saturated rings. The zero-order valence-electron chi connectivity index (χ0n) is 17.2. The second kappa shape index (κ2) is 9.80. The number of carbonyl (C=O) groups is 3. The van der Waals surface area contributed by atoms with Crippen molar-refractivity contribution in [3.05, 3.63) is 52.1 Å². The molecule has 0 aliphatic rings. The Bertz CT molecular complexity index is 1120. The van der Waals surface area contributed by atoms with E-state index in [1.807, 2.05) is 36.6 Å². The summed E-state index contributed by atoms with van der Waals surface area (Å²) in [7, 11) is 0. The third-order valence-corrected chi connectivity index (χ3v) is 6.24. The molecule has 0 radical (unpaired) electrons. The van der Waals surface area contributed by atoms with Crippen molar-refractivity contribution in [2.75, 3.05) is 17.7 Å². The maximum Gasteiger partial charge on any atom is 0.342 e. The number of aryl methyl sites for hydroxylation is 2. The molecule has 0 saturated carbocycles. The summed E-state index contributed by atoms with van der Waals surface area (Å²) in [5, 5.41) is 4.44. The van der Waals surface area contributed by atoms with Crippen molar-refractivity contribution in [1.29, 1.82) is 0 Å². The van der Waals surface area contributed by atoms with Gasteiger partial charge >= 0.3 is 5.97 Å². The summed E-state index contributed by atoms with van der Waals surface area (Å²) in [6.07, 6.45) is 0. The van der Waals surface area contributed by atoms with E-state index in [9.17, 15) is 14.4 Å². The van der Waals surface area contributed by atoms with Gasteiger partial charge in [0.25, 0.3) is 5.91 Å². The smallest absolute Gasteiger partial charge is 0.342 e. The van der Waals surface area contributed by atoms with Crippen molar-refractivity contribution >= 4 is 46.8 Å². The van der Waals surface area contributed by atoms with Crippen LogP contribution in [-0.4, -0.2) is 35.1 Å². The molecular weight excluding hydrogens is 438 g/mol. The van der Waals surface area contributed by atoms with Gasteiger partial charge in [-0.2, -0.15) is 0 Å². The molecule has 31 heavy (non-hydrogen) atoms. The number of primary amides is 1. The van der Waals surface area contributed by atoms with Crippen molar-refractivity contribution in [2.24, 2.45) is 5.73 Å². The van der Waals surface area contributed by atoms with Crippen LogP contribution >= 0.6 is 23.1 Å². The Labute approximate surface area is 187 Å². The number of aromatic nitrogens is 1. The second-order valence-corrected chi connectivity index (χ2v) is 8.60. The summed E-state index contributed by atoms with van der Waals surface area (Å²) in [5.41, 5.74) is 8.12. The molecule has 10 heteroatoms. The van der Waals surface area contributed by atoms with E-state index in [2.05, 4.69) is 10.3 Å². The zero-order chi connectivity index (χ0) is 22.5. The van der Waals surface area contributed by atoms with Crippen LogP contribution in [-0.2, 0) is 9.53 Å². The first-order chi connectivity index (χ1) is 14.8. The first-order valence-electron chi connectivity index (χ1n) is 9.35. The van der Waals surface area contributed by atoms with Crippen LogP contribution in [0.15, 0.2) is 38.4 Å². The van der Waals surface area contributed by atoms with E-state index in [0.717, 1.165) is 15.6 Å². The highest BCUT2D eigenvalue weighted by atomic mass is 32.2. The number of nitrogens with two attached hydrogens (primary N) is 1. The van der Waals surface area contributed by atoms with Crippen LogP contribution in [0, 0.1) is 13.8 Å². The van der Waals surface area contributed by atoms with Gasteiger partial charge in [-0.1, -0.05) is 41.6 Å². The van der Waals surface area contributed by atoms with Gasteiger partial charge in [-0.3, -0.25) is 14.9 Å². The van der Waals surface area contributed by atoms with E-state index < -0.39 is 17.8 Å². The SMILES string of the molecule is CCOC(=O)c1c(C)oc(NC(=O)CSc2nc(-c3ccc(C)cc3)cs2)c1C(N)=O. The number of hydrogen-bond acceptors (Lipinski definition) is 8. The van der Waals surface area contributed by atoms with Gasteiger partial charge < -0.3 is 14.9 Å². The fourth-order valence-corrected chi connectivity index (χ4v) is 4.42. The van der Waals surface area contributed by atoms with Crippen molar-refractivity contribution in [1.82, 2.24) is 4.98 Å². The van der Waals surface area contributed by atoms with Gasteiger partial charge in [0, 0.05) is 10.9 Å². The third kappa shape index (κ3) is 5.33. The lowest BCUT2D eigenvalue weighted by Crippen LogP contribution is -2.21. The van der Waals surface area contributed by atoms with Gasteiger partial charge in [0.2, 0.25) is 11.8 Å². The number of nitrogens with zero attached hydrogens (tertiary/aromatic N) is 1. The van der Waals surface area contributed by atoms with Gasteiger partial charge in [-0.15, -0.1) is 11.3 Å². The number of nitrogens with one attached hydrogen (secondary N) is 1. The lowest BCUT2D eigenvalue weighted by Gasteiger charge is -2.04. The maximum absolute atomic E-state index is 12.4. The van der Waals surface area contributed by atoms with E-state index in [0.29, 0.717) is 0 Å². The van der Waals surface area contributed by atoms with Gasteiger partial charge in [0.1, 0.15) is 16.9 Å². The fraction of sp³-hybridized carbons (Fsp3) is 0.238. The zero-order valence-corrected chi connectivity index (χ0v) is 18.8. The number of ether oxygens (including phenoxy) is 1. The number of furan rings is 1. The molecule has 1 aromatic carbocycles. The minimum Gasteiger partial charge on any atom is -0.462 e. The molecule has 0 spiro atoms. The summed E-state index contributed by atoms with van der Waals surface area (Å²) < 4.78 is 11.1. The molecule has 2 heterocycles. The number of esters is 1. The van der Waals surface area contributed by atoms with Crippen molar-refractivity contribution in [3.63, 3.8) is 0 Å². The number of hydrogen-bond donors (Lipinski definition) is 2. The van der Waals surface area contributed by atoms with Crippen LogP contribution in [0.5, 0.6) is 0 Å². The highest BCUT2D eigenvalue weighted by Gasteiger charge is 2.29.